The van der Waals surface area contributed by atoms with Crippen LogP contribution >= 0.6 is 11.3 Å². The Morgan fingerprint density at radius 3 is 2.77 bits per heavy atom. The minimum Gasteiger partial charge on any atom is -0.408 e. The highest BCUT2D eigenvalue weighted by atomic mass is 32.1. The molecule has 130 valence electrons. The third-order valence-corrected chi connectivity index (χ3v) is 4.83. The van der Waals surface area contributed by atoms with Crippen LogP contribution in [0.5, 0.6) is 0 Å². The van der Waals surface area contributed by atoms with Gasteiger partial charge in [-0.25, -0.2) is 9.18 Å². The number of nitrogens with zero attached hydrogens (tertiary/aromatic N) is 1. The number of nitrogens with one attached hydrogen (secondary N) is 1. The van der Waals surface area contributed by atoms with E-state index in [4.69, 9.17) is 4.42 Å². The van der Waals surface area contributed by atoms with Gasteiger partial charge in [-0.05, 0) is 29.6 Å². The molecule has 4 rings (SSSR count). The first kappa shape index (κ1) is 16.3. The molecule has 0 radical (unpaired) electrons. The van der Waals surface area contributed by atoms with Gasteiger partial charge in [0.25, 0.3) is 5.91 Å². The average molecular weight is 368 g/mol. The Bertz CT molecular complexity index is 1150. The number of amides is 1. The van der Waals surface area contributed by atoms with Crippen molar-refractivity contribution in [3.8, 4) is 0 Å². The number of carbonyl (C=O) groups is 1. The maximum Gasteiger partial charge on any atom is 0.420 e. The molecule has 4 aromatic rings. The highest BCUT2D eigenvalue weighted by Gasteiger charge is 2.13. The van der Waals surface area contributed by atoms with Crippen molar-refractivity contribution >= 4 is 34.0 Å². The minimum absolute atomic E-state index is 0.0689. The first-order valence-corrected chi connectivity index (χ1v) is 8.71. The van der Waals surface area contributed by atoms with Gasteiger partial charge in [0.15, 0.2) is 5.58 Å². The SMILES string of the molecule is O=C(Nc1ccc2c(c1)oc(=O)n2Cc1ccccc1F)c1cccs1. The molecule has 5 nitrogen and oxygen atoms in total. The lowest BCUT2D eigenvalue weighted by Gasteiger charge is -2.05. The molecular formula is C19H13FN2O3S. The van der Waals surface area contributed by atoms with E-state index in [2.05, 4.69) is 5.32 Å². The van der Waals surface area contributed by atoms with Crippen LogP contribution in [0.15, 0.2) is 69.2 Å². The number of halogens is 1. The second kappa shape index (κ2) is 6.61. The zero-order chi connectivity index (χ0) is 18.1. The van der Waals surface area contributed by atoms with Gasteiger partial charge < -0.3 is 9.73 Å². The fourth-order valence-electron chi connectivity index (χ4n) is 2.69. The molecule has 1 amide bonds. The maximum absolute atomic E-state index is 13.9. The molecule has 0 unspecified atom stereocenters. The predicted molar refractivity (Wildman–Crippen MR) is 98.2 cm³/mol. The molecule has 0 spiro atoms. The van der Waals surface area contributed by atoms with Crippen molar-refractivity contribution in [1.82, 2.24) is 4.57 Å². The lowest BCUT2D eigenvalue weighted by Crippen LogP contribution is -2.15. The Balaban J connectivity index is 1.65. The van der Waals surface area contributed by atoms with Crippen LogP contribution in [-0.4, -0.2) is 10.5 Å². The monoisotopic (exact) mass is 368 g/mol. The summed E-state index contributed by atoms with van der Waals surface area (Å²) >= 11 is 1.34. The summed E-state index contributed by atoms with van der Waals surface area (Å²) in [6.07, 6.45) is 0. The Labute approximate surface area is 151 Å². The third kappa shape index (κ3) is 3.04. The third-order valence-electron chi connectivity index (χ3n) is 3.96. The van der Waals surface area contributed by atoms with E-state index in [9.17, 15) is 14.0 Å². The number of hydrogen-bond acceptors (Lipinski definition) is 4. The number of benzene rings is 2. The van der Waals surface area contributed by atoms with Crippen molar-refractivity contribution in [3.05, 3.63) is 86.8 Å². The molecule has 26 heavy (non-hydrogen) atoms. The molecule has 2 heterocycles. The maximum atomic E-state index is 13.9. The second-order valence-electron chi connectivity index (χ2n) is 5.66. The fraction of sp³-hybridized carbons (Fsp3) is 0.0526. The number of hydrogen-bond donors (Lipinski definition) is 1. The van der Waals surface area contributed by atoms with E-state index in [1.807, 2.05) is 5.38 Å². The quantitative estimate of drug-likeness (QED) is 0.590. The highest BCUT2D eigenvalue weighted by molar-refractivity contribution is 7.12. The molecule has 0 aliphatic rings. The Morgan fingerprint density at radius 1 is 1.15 bits per heavy atom. The normalized spacial score (nSPS) is 11.0. The number of fused-ring (bicyclic) bond motifs is 1. The van der Waals surface area contributed by atoms with E-state index in [0.717, 1.165) is 0 Å². The lowest BCUT2D eigenvalue weighted by atomic mass is 10.2. The topological polar surface area (TPSA) is 64.2 Å². The summed E-state index contributed by atoms with van der Waals surface area (Å²) in [5.41, 5.74) is 1.78. The fourth-order valence-corrected chi connectivity index (χ4v) is 3.31. The molecule has 1 N–H and O–H groups in total. The summed E-state index contributed by atoms with van der Waals surface area (Å²) in [6.45, 7) is 0.0689. The van der Waals surface area contributed by atoms with Crippen LogP contribution in [-0.2, 0) is 6.54 Å². The van der Waals surface area contributed by atoms with E-state index in [0.29, 0.717) is 27.2 Å². The van der Waals surface area contributed by atoms with E-state index >= 15 is 0 Å². The van der Waals surface area contributed by atoms with Gasteiger partial charge in [-0.3, -0.25) is 9.36 Å². The summed E-state index contributed by atoms with van der Waals surface area (Å²) in [6, 6.07) is 14.7. The number of rotatable bonds is 4. The Hall–Kier alpha value is -3.19. The molecule has 2 aromatic carbocycles. The first-order chi connectivity index (χ1) is 12.6. The van der Waals surface area contributed by atoms with Gasteiger partial charge in [0, 0.05) is 17.3 Å². The molecule has 0 saturated heterocycles. The van der Waals surface area contributed by atoms with Crippen LogP contribution in [0.2, 0.25) is 0 Å². The van der Waals surface area contributed by atoms with Gasteiger partial charge in [-0.15, -0.1) is 11.3 Å². The molecular weight excluding hydrogens is 355 g/mol. The smallest absolute Gasteiger partial charge is 0.408 e. The van der Waals surface area contributed by atoms with Crippen LogP contribution in [0.25, 0.3) is 11.1 Å². The zero-order valence-electron chi connectivity index (χ0n) is 13.4. The number of anilines is 1. The summed E-state index contributed by atoms with van der Waals surface area (Å²) in [5, 5.41) is 4.58. The molecule has 0 aliphatic heterocycles. The van der Waals surface area contributed by atoms with Gasteiger partial charge >= 0.3 is 5.76 Å². The highest BCUT2D eigenvalue weighted by Crippen LogP contribution is 2.21. The summed E-state index contributed by atoms with van der Waals surface area (Å²) in [4.78, 5) is 24.9. The van der Waals surface area contributed by atoms with E-state index in [-0.39, 0.29) is 18.3 Å². The van der Waals surface area contributed by atoms with Crippen molar-refractivity contribution in [3.63, 3.8) is 0 Å². The molecule has 0 saturated carbocycles. The summed E-state index contributed by atoms with van der Waals surface area (Å²) in [5.74, 6) is -1.19. The van der Waals surface area contributed by atoms with Gasteiger partial charge in [-0.1, -0.05) is 24.3 Å². The second-order valence-corrected chi connectivity index (χ2v) is 6.61. The van der Waals surface area contributed by atoms with Crippen molar-refractivity contribution in [2.75, 3.05) is 5.32 Å². The van der Waals surface area contributed by atoms with Crippen molar-refractivity contribution < 1.29 is 13.6 Å². The Morgan fingerprint density at radius 2 is 2.00 bits per heavy atom. The molecule has 0 aliphatic carbocycles. The van der Waals surface area contributed by atoms with Crippen molar-refractivity contribution in [2.24, 2.45) is 0 Å². The first-order valence-electron chi connectivity index (χ1n) is 7.83. The van der Waals surface area contributed by atoms with Gasteiger partial charge in [-0.2, -0.15) is 0 Å². The minimum atomic E-state index is -0.579. The number of carbonyl (C=O) groups excluding carboxylic acids is 1. The number of oxazole rings is 1. The standard InChI is InChI=1S/C19H13FN2O3S/c20-14-5-2-1-4-12(14)11-22-15-8-7-13(10-16(15)25-19(22)24)21-18(23)17-6-3-9-26-17/h1-10H,11H2,(H,21,23). The van der Waals surface area contributed by atoms with Crippen LogP contribution in [0.3, 0.4) is 0 Å². The van der Waals surface area contributed by atoms with E-state index in [1.54, 1.807) is 48.5 Å². The van der Waals surface area contributed by atoms with Crippen molar-refractivity contribution in [1.29, 1.82) is 0 Å². The van der Waals surface area contributed by atoms with Gasteiger partial charge in [0.1, 0.15) is 5.82 Å². The van der Waals surface area contributed by atoms with E-state index < -0.39 is 5.76 Å². The lowest BCUT2D eigenvalue weighted by molar-refractivity contribution is 0.103. The zero-order valence-corrected chi connectivity index (χ0v) is 14.3. The summed E-state index contributed by atoms with van der Waals surface area (Å²) < 4.78 is 20.5. The number of aromatic nitrogens is 1. The van der Waals surface area contributed by atoms with Crippen molar-refractivity contribution in [2.45, 2.75) is 6.54 Å². The van der Waals surface area contributed by atoms with Gasteiger partial charge in [0.2, 0.25) is 0 Å². The average Bonchev–Trinajstić information content (AvgIpc) is 3.25. The number of thiophene rings is 1. The van der Waals surface area contributed by atoms with Crippen LogP contribution in [0, 0.1) is 5.82 Å². The molecule has 0 atom stereocenters. The van der Waals surface area contributed by atoms with Gasteiger partial charge in [0.05, 0.1) is 16.9 Å². The molecule has 0 fully saturated rings. The molecule has 7 heteroatoms. The molecule has 2 aromatic heterocycles. The van der Waals surface area contributed by atoms with Crippen LogP contribution < -0.4 is 11.1 Å². The largest absolute Gasteiger partial charge is 0.420 e. The van der Waals surface area contributed by atoms with Crippen LogP contribution in [0.4, 0.5) is 10.1 Å². The molecule has 0 bridgehead atoms. The summed E-state index contributed by atoms with van der Waals surface area (Å²) in [7, 11) is 0. The van der Waals surface area contributed by atoms with Crippen LogP contribution in [0.1, 0.15) is 15.2 Å². The Kier molecular flexibility index (Phi) is 4.14. The predicted octanol–water partition coefficient (Wildman–Crippen LogP) is 4.10. The van der Waals surface area contributed by atoms with E-state index in [1.165, 1.54) is 22.0 Å².